The second-order valence-corrected chi connectivity index (χ2v) is 8.14. The van der Waals surface area contributed by atoms with Crippen LogP contribution >= 0.6 is 0 Å². The SMILES string of the molecule is CC(C)(C)c1cc(OCc2ccccc2)c(C(C)(C)C)cc1O. The highest BCUT2D eigenvalue weighted by atomic mass is 16.5. The van der Waals surface area contributed by atoms with Crippen LogP contribution in [0.1, 0.15) is 58.2 Å². The summed E-state index contributed by atoms with van der Waals surface area (Å²) in [5.74, 6) is 1.19. The van der Waals surface area contributed by atoms with Gasteiger partial charge in [-0.3, -0.25) is 0 Å². The molecule has 1 N–H and O–H groups in total. The molecule has 0 saturated carbocycles. The van der Waals surface area contributed by atoms with Crippen LogP contribution in [0.25, 0.3) is 0 Å². The van der Waals surface area contributed by atoms with Crippen LogP contribution in [0.2, 0.25) is 0 Å². The molecule has 2 heteroatoms. The Bertz CT molecular complexity index is 659. The predicted molar refractivity (Wildman–Crippen MR) is 96.3 cm³/mol. The maximum Gasteiger partial charge on any atom is 0.124 e. The van der Waals surface area contributed by atoms with Crippen LogP contribution in [0.5, 0.6) is 11.5 Å². The second kappa shape index (κ2) is 6.27. The minimum absolute atomic E-state index is 0.0973. The topological polar surface area (TPSA) is 29.5 Å². The number of hydrogen-bond acceptors (Lipinski definition) is 2. The third-order valence-electron chi connectivity index (χ3n) is 3.95. The Balaban J connectivity index is 2.42. The van der Waals surface area contributed by atoms with Crippen molar-refractivity contribution in [3.63, 3.8) is 0 Å². The van der Waals surface area contributed by atoms with Gasteiger partial charge in [-0.25, -0.2) is 0 Å². The molecule has 0 aliphatic carbocycles. The van der Waals surface area contributed by atoms with E-state index in [-0.39, 0.29) is 10.8 Å². The number of rotatable bonds is 3. The van der Waals surface area contributed by atoms with Gasteiger partial charge in [-0.1, -0.05) is 71.9 Å². The molecule has 0 fully saturated rings. The van der Waals surface area contributed by atoms with Crippen LogP contribution in [-0.4, -0.2) is 5.11 Å². The van der Waals surface area contributed by atoms with Crippen molar-refractivity contribution in [3.8, 4) is 11.5 Å². The van der Waals surface area contributed by atoms with Crippen molar-refractivity contribution in [1.82, 2.24) is 0 Å². The lowest BCUT2D eigenvalue weighted by Gasteiger charge is -2.27. The van der Waals surface area contributed by atoms with E-state index < -0.39 is 0 Å². The van der Waals surface area contributed by atoms with Crippen LogP contribution < -0.4 is 4.74 Å². The van der Waals surface area contributed by atoms with Crippen LogP contribution in [0.4, 0.5) is 0 Å². The van der Waals surface area contributed by atoms with E-state index in [1.54, 1.807) is 0 Å². The summed E-state index contributed by atoms with van der Waals surface area (Å²) in [6.45, 7) is 13.2. The van der Waals surface area contributed by atoms with E-state index in [4.69, 9.17) is 4.74 Å². The van der Waals surface area contributed by atoms with E-state index in [0.717, 1.165) is 22.4 Å². The third kappa shape index (κ3) is 4.28. The molecule has 0 heterocycles. The molecule has 2 nitrogen and oxygen atoms in total. The van der Waals surface area contributed by atoms with Gasteiger partial charge in [0.25, 0.3) is 0 Å². The standard InChI is InChI=1S/C21H28O2/c1-20(2,3)16-13-19(17(12-18(16)22)21(4,5)6)23-14-15-10-8-7-9-11-15/h7-13,22H,14H2,1-6H3. The quantitative estimate of drug-likeness (QED) is 0.803. The van der Waals surface area contributed by atoms with Gasteiger partial charge in [0.2, 0.25) is 0 Å². The van der Waals surface area contributed by atoms with Crippen molar-refractivity contribution < 1.29 is 9.84 Å². The summed E-state index contributed by atoms with van der Waals surface area (Å²) in [5.41, 5.74) is 2.84. The minimum atomic E-state index is -0.134. The largest absolute Gasteiger partial charge is 0.508 e. The van der Waals surface area contributed by atoms with Crippen molar-refractivity contribution in [3.05, 3.63) is 59.2 Å². The van der Waals surface area contributed by atoms with Crippen molar-refractivity contribution in [2.45, 2.75) is 59.0 Å². The average molecular weight is 312 g/mol. The summed E-state index contributed by atoms with van der Waals surface area (Å²) < 4.78 is 6.13. The van der Waals surface area contributed by atoms with Crippen molar-refractivity contribution >= 4 is 0 Å². The van der Waals surface area contributed by atoms with Crippen LogP contribution in [0.3, 0.4) is 0 Å². The Kier molecular flexibility index (Phi) is 4.74. The number of benzene rings is 2. The smallest absolute Gasteiger partial charge is 0.124 e. The lowest BCUT2D eigenvalue weighted by atomic mass is 9.81. The first-order chi connectivity index (χ1) is 10.6. The molecule has 0 aliphatic heterocycles. The Morgan fingerprint density at radius 1 is 0.826 bits per heavy atom. The van der Waals surface area contributed by atoms with E-state index in [0.29, 0.717) is 12.4 Å². The first kappa shape index (κ1) is 17.4. The zero-order valence-electron chi connectivity index (χ0n) is 15.1. The fourth-order valence-electron chi connectivity index (χ4n) is 2.61. The summed E-state index contributed by atoms with van der Waals surface area (Å²) in [5, 5.41) is 10.4. The van der Waals surface area contributed by atoms with E-state index >= 15 is 0 Å². The van der Waals surface area contributed by atoms with Gasteiger partial charge in [-0.05, 0) is 28.5 Å². The van der Waals surface area contributed by atoms with Crippen LogP contribution in [0, 0.1) is 0 Å². The Labute approximate surface area is 140 Å². The molecule has 2 aromatic carbocycles. The number of ether oxygens (including phenoxy) is 1. The molecule has 2 aromatic rings. The zero-order chi connectivity index (χ0) is 17.3. The maximum absolute atomic E-state index is 10.4. The fraction of sp³-hybridized carbons (Fsp3) is 0.429. The number of aromatic hydroxyl groups is 1. The van der Waals surface area contributed by atoms with Gasteiger partial charge < -0.3 is 9.84 Å². The summed E-state index contributed by atoms with van der Waals surface area (Å²) in [6, 6.07) is 14.0. The summed E-state index contributed by atoms with van der Waals surface area (Å²) in [4.78, 5) is 0. The molecule has 0 atom stereocenters. The Morgan fingerprint density at radius 2 is 1.39 bits per heavy atom. The molecule has 23 heavy (non-hydrogen) atoms. The molecule has 0 bridgehead atoms. The van der Waals surface area contributed by atoms with Gasteiger partial charge in [0, 0.05) is 11.1 Å². The Morgan fingerprint density at radius 3 is 1.91 bits per heavy atom. The highest BCUT2D eigenvalue weighted by molar-refractivity contribution is 5.51. The lowest BCUT2D eigenvalue weighted by molar-refractivity contribution is 0.295. The number of phenols is 1. The van der Waals surface area contributed by atoms with Gasteiger partial charge in [0.05, 0.1) is 0 Å². The molecule has 0 unspecified atom stereocenters. The van der Waals surface area contributed by atoms with Gasteiger partial charge >= 0.3 is 0 Å². The minimum Gasteiger partial charge on any atom is -0.508 e. The second-order valence-electron chi connectivity index (χ2n) is 8.14. The highest BCUT2D eigenvalue weighted by Gasteiger charge is 2.25. The monoisotopic (exact) mass is 312 g/mol. The molecule has 0 aromatic heterocycles. The van der Waals surface area contributed by atoms with Crippen molar-refractivity contribution in [1.29, 1.82) is 0 Å². The summed E-state index contributed by atoms with van der Waals surface area (Å²) >= 11 is 0. The molecule has 0 saturated heterocycles. The fourth-order valence-corrected chi connectivity index (χ4v) is 2.61. The van der Waals surface area contributed by atoms with E-state index in [1.165, 1.54) is 0 Å². The summed E-state index contributed by atoms with van der Waals surface area (Å²) in [7, 11) is 0. The molecule has 124 valence electrons. The van der Waals surface area contributed by atoms with Crippen molar-refractivity contribution in [2.75, 3.05) is 0 Å². The van der Waals surface area contributed by atoms with Gasteiger partial charge in [0.15, 0.2) is 0 Å². The first-order valence-electron chi connectivity index (χ1n) is 8.14. The molecule has 2 rings (SSSR count). The van der Waals surface area contributed by atoms with E-state index in [1.807, 2.05) is 30.3 Å². The maximum atomic E-state index is 10.4. The van der Waals surface area contributed by atoms with Gasteiger partial charge in [0.1, 0.15) is 18.1 Å². The molecule has 0 amide bonds. The molecular weight excluding hydrogens is 284 g/mol. The Hall–Kier alpha value is -1.96. The van der Waals surface area contributed by atoms with E-state index in [9.17, 15) is 5.11 Å². The molecular formula is C21H28O2. The third-order valence-corrected chi connectivity index (χ3v) is 3.95. The molecule has 0 radical (unpaired) electrons. The number of hydrogen-bond donors (Lipinski definition) is 1. The molecule has 0 spiro atoms. The average Bonchev–Trinajstić information content (AvgIpc) is 2.44. The van der Waals surface area contributed by atoms with Gasteiger partial charge in [-0.2, -0.15) is 0 Å². The normalized spacial score (nSPS) is 12.3. The van der Waals surface area contributed by atoms with E-state index in [2.05, 4.69) is 53.7 Å². The number of phenolic OH excluding ortho intramolecular Hbond substituents is 1. The highest BCUT2D eigenvalue weighted by Crippen LogP contribution is 2.40. The lowest BCUT2D eigenvalue weighted by Crippen LogP contribution is -2.17. The molecule has 0 aliphatic rings. The first-order valence-corrected chi connectivity index (χ1v) is 8.14. The zero-order valence-corrected chi connectivity index (χ0v) is 15.1. The van der Waals surface area contributed by atoms with Gasteiger partial charge in [-0.15, -0.1) is 0 Å². The predicted octanol–water partition coefficient (Wildman–Crippen LogP) is 5.57. The summed E-state index contributed by atoms with van der Waals surface area (Å²) in [6.07, 6.45) is 0. The van der Waals surface area contributed by atoms with Crippen LogP contribution in [-0.2, 0) is 17.4 Å². The van der Waals surface area contributed by atoms with Crippen LogP contribution in [0.15, 0.2) is 42.5 Å². The van der Waals surface area contributed by atoms with Crippen molar-refractivity contribution in [2.24, 2.45) is 0 Å².